The van der Waals surface area contributed by atoms with E-state index >= 15 is 0 Å². The van der Waals surface area contributed by atoms with Crippen LogP contribution in [0.4, 0.5) is 0 Å². The minimum Gasteiger partial charge on any atom is -0.346 e. The smallest absolute Gasteiger partial charge is 0.275 e. The molecule has 0 atom stereocenters. The summed E-state index contributed by atoms with van der Waals surface area (Å²) in [7, 11) is 0. The Morgan fingerprint density at radius 1 is 1.76 bits per heavy atom. The van der Waals surface area contributed by atoms with Gasteiger partial charge in [-0.2, -0.15) is 0 Å². The monoisotopic (exact) mass is 255 g/mol. The van der Waals surface area contributed by atoms with Crippen LogP contribution in [-0.2, 0) is 6.54 Å². The number of hydrogen-bond donors (Lipinski definition) is 2. The van der Waals surface area contributed by atoms with Crippen LogP contribution in [0.5, 0.6) is 0 Å². The molecule has 2 N–H and O–H groups in total. The highest BCUT2D eigenvalue weighted by molar-refractivity contribution is 7.11. The van der Waals surface area contributed by atoms with Gasteiger partial charge in [0.1, 0.15) is 0 Å². The van der Waals surface area contributed by atoms with Gasteiger partial charge in [0.05, 0.1) is 16.5 Å². The molecule has 8 heteroatoms. The number of rotatable bonds is 3. The van der Waals surface area contributed by atoms with Crippen molar-refractivity contribution in [3.8, 4) is 0 Å². The fourth-order valence-corrected chi connectivity index (χ4v) is 2.40. The van der Waals surface area contributed by atoms with Crippen LogP contribution in [-0.4, -0.2) is 27.9 Å². The Morgan fingerprint density at radius 3 is 3.24 bits per heavy atom. The number of thiazole rings is 1. The van der Waals surface area contributed by atoms with Gasteiger partial charge in [0.15, 0.2) is 5.82 Å². The van der Waals surface area contributed by atoms with Crippen molar-refractivity contribution in [1.82, 2.24) is 20.7 Å². The molecular weight excluding hydrogens is 242 g/mol. The molecule has 1 fully saturated rings. The summed E-state index contributed by atoms with van der Waals surface area (Å²) >= 11 is 1.60. The maximum atomic E-state index is 10.5. The standard InChI is InChI=1S/C9H13N5O2S/c1-7-10-4-8(17-7)5-13-3-2-11-12-9(13)6-14(15)16/h4,6,11-12H,2-3,5H2,1H3/b9-6+. The third-order valence-corrected chi connectivity index (χ3v) is 3.20. The van der Waals surface area contributed by atoms with Crippen molar-refractivity contribution in [2.75, 3.05) is 13.1 Å². The Morgan fingerprint density at radius 2 is 2.59 bits per heavy atom. The first-order valence-corrected chi connectivity index (χ1v) is 5.97. The molecule has 1 aliphatic heterocycles. The lowest BCUT2D eigenvalue weighted by atomic mass is 10.4. The number of nitrogens with zero attached hydrogens (tertiary/aromatic N) is 3. The molecule has 1 aromatic heterocycles. The van der Waals surface area contributed by atoms with Gasteiger partial charge in [-0.15, -0.1) is 11.3 Å². The molecule has 0 spiro atoms. The Kier molecular flexibility index (Phi) is 3.55. The second-order valence-corrected chi connectivity index (χ2v) is 4.94. The molecule has 1 saturated heterocycles. The maximum Gasteiger partial charge on any atom is 0.275 e. The van der Waals surface area contributed by atoms with E-state index in [4.69, 9.17) is 0 Å². The molecular formula is C9H13N5O2S. The van der Waals surface area contributed by atoms with E-state index in [1.165, 1.54) is 0 Å². The van der Waals surface area contributed by atoms with Gasteiger partial charge < -0.3 is 10.3 Å². The lowest BCUT2D eigenvalue weighted by Crippen LogP contribution is -2.49. The first kappa shape index (κ1) is 11.8. The zero-order chi connectivity index (χ0) is 12.3. The van der Waals surface area contributed by atoms with E-state index in [1.807, 2.05) is 18.0 Å². The van der Waals surface area contributed by atoms with Crippen molar-refractivity contribution in [2.45, 2.75) is 13.5 Å². The van der Waals surface area contributed by atoms with Crippen LogP contribution in [0.25, 0.3) is 0 Å². The summed E-state index contributed by atoms with van der Waals surface area (Å²) < 4.78 is 0. The number of hydrogen-bond acceptors (Lipinski definition) is 7. The molecule has 17 heavy (non-hydrogen) atoms. The Labute approximate surface area is 102 Å². The van der Waals surface area contributed by atoms with Crippen LogP contribution in [0.3, 0.4) is 0 Å². The van der Waals surface area contributed by atoms with Gasteiger partial charge in [-0.05, 0) is 6.92 Å². The Bertz CT molecular complexity index is 444. The predicted octanol–water partition coefficient (Wildman–Crippen LogP) is 0.437. The third kappa shape index (κ3) is 3.14. The fraction of sp³-hybridized carbons (Fsp3) is 0.444. The average molecular weight is 255 g/mol. The molecule has 7 nitrogen and oxygen atoms in total. The number of nitrogens with one attached hydrogen (secondary N) is 2. The van der Waals surface area contributed by atoms with Crippen molar-refractivity contribution in [3.05, 3.63) is 38.2 Å². The van der Waals surface area contributed by atoms with Gasteiger partial charge in [0, 0.05) is 24.2 Å². The normalized spacial score (nSPS) is 18.2. The van der Waals surface area contributed by atoms with Gasteiger partial charge in [-0.25, -0.2) is 10.4 Å². The minimum absolute atomic E-state index is 0.458. The van der Waals surface area contributed by atoms with E-state index in [-0.39, 0.29) is 0 Å². The van der Waals surface area contributed by atoms with Crippen LogP contribution < -0.4 is 10.9 Å². The Hall–Kier alpha value is -1.67. The van der Waals surface area contributed by atoms with Gasteiger partial charge in [-0.1, -0.05) is 0 Å². The van der Waals surface area contributed by atoms with Crippen molar-refractivity contribution >= 4 is 11.3 Å². The van der Waals surface area contributed by atoms with E-state index in [0.717, 1.165) is 29.2 Å². The largest absolute Gasteiger partial charge is 0.346 e. The minimum atomic E-state index is -0.458. The zero-order valence-corrected chi connectivity index (χ0v) is 10.2. The predicted molar refractivity (Wildman–Crippen MR) is 63.5 cm³/mol. The third-order valence-electron chi connectivity index (χ3n) is 2.31. The first-order chi connectivity index (χ1) is 8.15. The first-order valence-electron chi connectivity index (χ1n) is 5.15. The van der Waals surface area contributed by atoms with Crippen molar-refractivity contribution < 1.29 is 4.92 Å². The van der Waals surface area contributed by atoms with Crippen molar-refractivity contribution in [1.29, 1.82) is 0 Å². The van der Waals surface area contributed by atoms with Crippen LogP contribution >= 0.6 is 11.3 Å². The van der Waals surface area contributed by atoms with Crippen LogP contribution in [0.15, 0.2) is 18.2 Å². The molecule has 0 amide bonds. The average Bonchev–Trinajstić information content (AvgIpc) is 2.66. The second-order valence-electron chi connectivity index (χ2n) is 3.62. The summed E-state index contributed by atoms with van der Waals surface area (Å²) in [5.41, 5.74) is 5.69. The number of aromatic nitrogens is 1. The van der Waals surface area contributed by atoms with Gasteiger partial charge in [0.25, 0.3) is 6.20 Å². The molecule has 1 aromatic rings. The molecule has 2 rings (SSSR count). The lowest BCUT2D eigenvalue weighted by Gasteiger charge is -2.30. The van der Waals surface area contributed by atoms with Gasteiger partial charge in [0.2, 0.25) is 0 Å². The summed E-state index contributed by atoms with van der Waals surface area (Å²) in [4.78, 5) is 17.2. The molecule has 0 radical (unpaired) electrons. The van der Waals surface area contributed by atoms with E-state index in [9.17, 15) is 10.1 Å². The summed E-state index contributed by atoms with van der Waals surface area (Å²) in [5.74, 6) is 0.479. The van der Waals surface area contributed by atoms with E-state index < -0.39 is 4.92 Å². The summed E-state index contributed by atoms with van der Waals surface area (Å²) in [6, 6.07) is 0. The molecule has 92 valence electrons. The van der Waals surface area contributed by atoms with Crippen LogP contribution in [0.1, 0.15) is 9.88 Å². The maximum absolute atomic E-state index is 10.5. The highest BCUT2D eigenvalue weighted by Crippen LogP contribution is 2.16. The Balaban J connectivity index is 2.09. The van der Waals surface area contributed by atoms with E-state index in [2.05, 4.69) is 15.8 Å². The number of nitro groups is 1. The number of aryl methyl sites for hydroxylation is 1. The van der Waals surface area contributed by atoms with Gasteiger partial charge >= 0.3 is 0 Å². The highest BCUT2D eigenvalue weighted by atomic mass is 32.1. The summed E-state index contributed by atoms with van der Waals surface area (Å²) in [6.45, 7) is 4.05. The zero-order valence-electron chi connectivity index (χ0n) is 9.34. The lowest BCUT2D eigenvalue weighted by molar-refractivity contribution is -0.405. The topological polar surface area (TPSA) is 83.3 Å². The van der Waals surface area contributed by atoms with Gasteiger partial charge in [-0.3, -0.25) is 10.1 Å². The van der Waals surface area contributed by atoms with E-state index in [0.29, 0.717) is 12.4 Å². The number of hydrazine groups is 1. The highest BCUT2D eigenvalue weighted by Gasteiger charge is 2.18. The van der Waals surface area contributed by atoms with Crippen LogP contribution in [0, 0.1) is 17.0 Å². The fourth-order valence-electron chi connectivity index (χ4n) is 1.59. The van der Waals surface area contributed by atoms with Crippen molar-refractivity contribution in [2.24, 2.45) is 0 Å². The molecule has 0 aliphatic carbocycles. The summed E-state index contributed by atoms with van der Waals surface area (Å²) in [5, 5.41) is 11.5. The molecule has 0 unspecified atom stereocenters. The molecule has 0 saturated carbocycles. The molecule has 0 aromatic carbocycles. The second kappa shape index (κ2) is 5.11. The molecule has 2 heterocycles. The quantitative estimate of drug-likeness (QED) is 0.602. The summed E-state index contributed by atoms with van der Waals surface area (Å²) in [6.07, 6.45) is 2.78. The molecule has 0 bridgehead atoms. The molecule has 1 aliphatic rings. The van der Waals surface area contributed by atoms with E-state index in [1.54, 1.807) is 11.3 Å². The van der Waals surface area contributed by atoms with Crippen LogP contribution in [0.2, 0.25) is 0 Å². The SMILES string of the molecule is Cc1ncc(CN2CCNN/C2=C\[N+](=O)[O-])s1. The van der Waals surface area contributed by atoms with Crippen molar-refractivity contribution in [3.63, 3.8) is 0 Å².